The van der Waals surface area contributed by atoms with Crippen LogP contribution in [-0.4, -0.2) is 17.2 Å². The van der Waals surface area contributed by atoms with Crippen LogP contribution in [0.3, 0.4) is 0 Å². The standard InChI is InChI=1S/C13H14F3N3/c1-8(7-13(14,15)16)19-11-4-5-18-12-6-9(17)2-3-10(11)12/h2-6,8H,7,17H2,1H3,(H,18,19). The molecule has 1 atom stereocenters. The number of aromatic nitrogens is 1. The molecule has 0 saturated carbocycles. The van der Waals surface area contributed by atoms with E-state index in [-0.39, 0.29) is 0 Å². The van der Waals surface area contributed by atoms with Crippen LogP contribution < -0.4 is 11.1 Å². The van der Waals surface area contributed by atoms with Crippen LogP contribution in [0.4, 0.5) is 24.5 Å². The van der Waals surface area contributed by atoms with Gasteiger partial charge in [-0.2, -0.15) is 13.2 Å². The Kier molecular flexibility index (Phi) is 3.50. The maximum Gasteiger partial charge on any atom is 0.391 e. The fourth-order valence-electron chi connectivity index (χ4n) is 1.95. The minimum absolute atomic E-state index is 0.570. The number of anilines is 2. The Labute approximate surface area is 108 Å². The van der Waals surface area contributed by atoms with Gasteiger partial charge in [0.05, 0.1) is 11.9 Å². The summed E-state index contributed by atoms with van der Waals surface area (Å²) < 4.78 is 36.9. The van der Waals surface area contributed by atoms with E-state index in [9.17, 15) is 13.2 Å². The Morgan fingerprint density at radius 2 is 2.05 bits per heavy atom. The van der Waals surface area contributed by atoms with Crippen molar-refractivity contribution in [2.75, 3.05) is 11.1 Å². The lowest BCUT2D eigenvalue weighted by Gasteiger charge is -2.18. The molecule has 2 aromatic rings. The number of alkyl halides is 3. The minimum Gasteiger partial charge on any atom is -0.399 e. The number of hydrogen-bond acceptors (Lipinski definition) is 3. The predicted octanol–water partition coefficient (Wildman–Crippen LogP) is 3.57. The summed E-state index contributed by atoms with van der Waals surface area (Å²) in [6.07, 6.45) is -3.52. The third kappa shape index (κ3) is 3.49. The SMILES string of the molecule is CC(CC(F)(F)F)Nc1ccnc2cc(N)ccc12. The van der Waals surface area contributed by atoms with Gasteiger partial charge in [-0.05, 0) is 31.2 Å². The Balaban J connectivity index is 2.26. The summed E-state index contributed by atoms with van der Waals surface area (Å²) in [6.45, 7) is 1.50. The summed E-state index contributed by atoms with van der Waals surface area (Å²) in [6, 6.07) is 6.09. The van der Waals surface area contributed by atoms with Gasteiger partial charge in [-0.15, -0.1) is 0 Å². The molecule has 0 amide bonds. The lowest BCUT2D eigenvalue weighted by Crippen LogP contribution is -2.23. The molecule has 6 heteroatoms. The molecular weight excluding hydrogens is 255 g/mol. The van der Waals surface area contributed by atoms with Crippen LogP contribution >= 0.6 is 0 Å². The maximum absolute atomic E-state index is 12.3. The van der Waals surface area contributed by atoms with Crippen LogP contribution in [0.5, 0.6) is 0 Å². The van der Waals surface area contributed by atoms with Crippen molar-refractivity contribution in [3.05, 3.63) is 30.5 Å². The molecule has 1 aromatic heterocycles. The van der Waals surface area contributed by atoms with Gasteiger partial charge in [0.25, 0.3) is 0 Å². The summed E-state index contributed by atoms with van der Waals surface area (Å²) >= 11 is 0. The fourth-order valence-corrected chi connectivity index (χ4v) is 1.95. The number of nitrogens with two attached hydrogens (primary N) is 1. The second-order valence-corrected chi connectivity index (χ2v) is 4.50. The molecule has 0 spiro atoms. The molecular formula is C13H14F3N3. The van der Waals surface area contributed by atoms with E-state index in [1.807, 2.05) is 0 Å². The maximum atomic E-state index is 12.3. The van der Waals surface area contributed by atoms with Crippen LogP contribution in [-0.2, 0) is 0 Å². The Morgan fingerprint density at radius 3 is 2.74 bits per heavy atom. The van der Waals surface area contributed by atoms with Crippen molar-refractivity contribution >= 4 is 22.3 Å². The summed E-state index contributed by atoms with van der Waals surface area (Å²) in [5.74, 6) is 0. The number of fused-ring (bicyclic) bond motifs is 1. The quantitative estimate of drug-likeness (QED) is 0.837. The van der Waals surface area contributed by atoms with Crippen LogP contribution in [0.25, 0.3) is 10.9 Å². The largest absolute Gasteiger partial charge is 0.399 e. The van der Waals surface area contributed by atoms with Gasteiger partial charge < -0.3 is 11.1 Å². The number of halogens is 3. The highest BCUT2D eigenvalue weighted by atomic mass is 19.4. The second kappa shape index (κ2) is 4.95. The molecule has 2 rings (SSSR count). The van der Waals surface area contributed by atoms with Gasteiger partial charge in [0.2, 0.25) is 0 Å². The third-order valence-corrected chi connectivity index (χ3v) is 2.71. The van der Waals surface area contributed by atoms with Crippen molar-refractivity contribution < 1.29 is 13.2 Å². The van der Waals surface area contributed by atoms with Gasteiger partial charge in [0, 0.05) is 29.0 Å². The highest BCUT2D eigenvalue weighted by molar-refractivity contribution is 5.92. The van der Waals surface area contributed by atoms with Gasteiger partial charge in [0.1, 0.15) is 0 Å². The Hall–Kier alpha value is -1.98. The molecule has 0 saturated heterocycles. The number of nitrogens with zero attached hydrogens (tertiary/aromatic N) is 1. The molecule has 102 valence electrons. The van der Waals surface area contributed by atoms with Gasteiger partial charge in [0.15, 0.2) is 0 Å². The number of nitrogen functional groups attached to an aromatic ring is 1. The summed E-state index contributed by atoms with van der Waals surface area (Å²) in [4.78, 5) is 4.14. The van der Waals surface area contributed by atoms with Crippen LogP contribution in [0.2, 0.25) is 0 Å². The summed E-state index contributed by atoms with van der Waals surface area (Å²) in [7, 11) is 0. The molecule has 1 heterocycles. The normalized spacial score (nSPS) is 13.5. The molecule has 0 aliphatic carbocycles. The van der Waals surface area contributed by atoms with Crippen molar-refractivity contribution in [3.8, 4) is 0 Å². The monoisotopic (exact) mass is 269 g/mol. The van der Waals surface area contributed by atoms with Crippen LogP contribution in [0.1, 0.15) is 13.3 Å². The Bertz CT molecular complexity index is 581. The van der Waals surface area contributed by atoms with E-state index in [0.29, 0.717) is 16.9 Å². The topological polar surface area (TPSA) is 50.9 Å². The molecule has 3 nitrogen and oxygen atoms in total. The highest BCUT2D eigenvalue weighted by Gasteiger charge is 2.30. The second-order valence-electron chi connectivity index (χ2n) is 4.50. The minimum atomic E-state index is -4.18. The molecule has 19 heavy (non-hydrogen) atoms. The van der Waals surface area contributed by atoms with Crippen molar-refractivity contribution in [2.24, 2.45) is 0 Å². The Morgan fingerprint density at radius 1 is 1.32 bits per heavy atom. The molecule has 0 aliphatic rings. The molecule has 1 unspecified atom stereocenters. The van der Waals surface area contributed by atoms with E-state index in [1.54, 1.807) is 30.5 Å². The van der Waals surface area contributed by atoms with Gasteiger partial charge >= 0.3 is 6.18 Å². The molecule has 0 radical (unpaired) electrons. The number of benzene rings is 1. The zero-order chi connectivity index (χ0) is 14.0. The van der Waals surface area contributed by atoms with Crippen molar-refractivity contribution in [1.29, 1.82) is 0 Å². The van der Waals surface area contributed by atoms with Gasteiger partial charge in [-0.25, -0.2) is 0 Å². The van der Waals surface area contributed by atoms with E-state index < -0.39 is 18.6 Å². The van der Waals surface area contributed by atoms with E-state index in [1.165, 1.54) is 6.92 Å². The molecule has 1 aromatic carbocycles. The first kappa shape index (κ1) is 13.5. The third-order valence-electron chi connectivity index (χ3n) is 2.71. The zero-order valence-corrected chi connectivity index (χ0v) is 10.3. The average Bonchev–Trinajstić information content (AvgIpc) is 2.26. The smallest absolute Gasteiger partial charge is 0.391 e. The average molecular weight is 269 g/mol. The van der Waals surface area contributed by atoms with E-state index in [4.69, 9.17) is 5.73 Å². The first-order valence-corrected chi connectivity index (χ1v) is 5.83. The summed E-state index contributed by atoms with van der Waals surface area (Å²) in [5, 5.41) is 3.62. The van der Waals surface area contributed by atoms with Crippen LogP contribution in [0.15, 0.2) is 30.5 Å². The van der Waals surface area contributed by atoms with Gasteiger partial charge in [-0.3, -0.25) is 4.98 Å². The van der Waals surface area contributed by atoms with Crippen molar-refractivity contribution in [3.63, 3.8) is 0 Å². The molecule has 0 fully saturated rings. The first-order valence-electron chi connectivity index (χ1n) is 5.83. The molecule has 0 aliphatic heterocycles. The predicted molar refractivity (Wildman–Crippen MR) is 69.9 cm³/mol. The van der Waals surface area contributed by atoms with E-state index in [0.717, 1.165) is 5.39 Å². The lowest BCUT2D eigenvalue weighted by molar-refractivity contribution is -0.136. The number of rotatable bonds is 3. The first-order chi connectivity index (χ1) is 8.85. The number of nitrogens with one attached hydrogen (secondary N) is 1. The molecule has 3 N–H and O–H groups in total. The lowest BCUT2D eigenvalue weighted by atomic mass is 10.1. The summed E-state index contributed by atoms with van der Waals surface area (Å²) in [5.41, 5.74) is 7.50. The number of pyridine rings is 1. The fraction of sp³-hybridized carbons (Fsp3) is 0.308. The van der Waals surface area contributed by atoms with Crippen LogP contribution in [0, 0.1) is 0 Å². The zero-order valence-electron chi connectivity index (χ0n) is 10.3. The van der Waals surface area contributed by atoms with E-state index >= 15 is 0 Å². The van der Waals surface area contributed by atoms with Crippen molar-refractivity contribution in [2.45, 2.75) is 25.6 Å². The number of hydrogen-bond donors (Lipinski definition) is 2. The highest BCUT2D eigenvalue weighted by Crippen LogP contribution is 2.27. The molecule has 0 bridgehead atoms. The van der Waals surface area contributed by atoms with Gasteiger partial charge in [-0.1, -0.05) is 0 Å². The van der Waals surface area contributed by atoms with E-state index in [2.05, 4.69) is 10.3 Å². The van der Waals surface area contributed by atoms with Crippen molar-refractivity contribution in [1.82, 2.24) is 4.98 Å².